The van der Waals surface area contributed by atoms with Gasteiger partial charge in [0.1, 0.15) is 5.82 Å². The summed E-state index contributed by atoms with van der Waals surface area (Å²) >= 11 is 3.51. The Labute approximate surface area is 129 Å². The summed E-state index contributed by atoms with van der Waals surface area (Å²) in [6.45, 7) is 7.15. The molecule has 1 atom stereocenters. The second-order valence-corrected chi connectivity index (χ2v) is 6.52. The van der Waals surface area contributed by atoms with Crippen LogP contribution in [0, 0.1) is 5.92 Å². The molecule has 2 aromatic rings. The van der Waals surface area contributed by atoms with Gasteiger partial charge in [-0.25, -0.2) is 9.97 Å². The van der Waals surface area contributed by atoms with E-state index in [4.69, 9.17) is 15.7 Å². The quantitative estimate of drug-likeness (QED) is 0.896. The molecule has 0 amide bonds. The average molecular weight is 336 g/mol. The number of halogens is 1. The van der Waals surface area contributed by atoms with Gasteiger partial charge in [0.25, 0.3) is 0 Å². The molecule has 0 spiro atoms. The summed E-state index contributed by atoms with van der Waals surface area (Å²) in [6.07, 6.45) is 1.93. The molecule has 2 rings (SSSR count). The maximum atomic E-state index is 5.93. The van der Waals surface area contributed by atoms with Crippen LogP contribution in [0.25, 0.3) is 10.9 Å². The van der Waals surface area contributed by atoms with Gasteiger partial charge in [-0.1, -0.05) is 36.7 Å². The maximum Gasteiger partial charge on any atom is 0.133 e. The molecule has 3 nitrogen and oxygen atoms in total. The summed E-state index contributed by atoms with van der Waals surface area (Å²) in [6, 6.07) is 6.17. The first kappa shape index (κ1) is 15.4. The fraction of sp³-hybridized carbons (Fsp3) is 0.500. The zero-order chi connectivity index (χ0) is 14.7. The minimum atomic E-state index is 0.244. The fourth-order valence-corrected chi connectivity index (χ4v) is 2.87. The molecule has 0 fully saturated rings. The second kappa shape index (κ2) is 6.64. The van der Waals surface area contributed by atoms with E-state index in [9.17, 15) is 0 Å². The molecule has 0 radical (unpaired) electrons. The molecule has 0 bridgehead atoms. The van der Waals surface area contributed by atoms with E-state index < -0.39 is 0 Å². The molecule has 20 heavy (non-hydrogen) atoms. The largest absolute Gasteiger partial charge is 0.330 e. The number of rotatable bonds is 5. The molecule has 2 N–H and O–H groups in total. The van der Waals surface area contributed by atoms with Gasteiger partial charge in [0.05, 0.1) is 11.2 Å². The molecule has 0 aliphatic carbocycles. The highest BCUT2D eigenvalue weighted by molar-refractivity contribution is 9.10. The van der Waals surface area contributed by atoms with Crippen molar-refractivity contribution in [3.8, 4) is 0 Å². The van der Waals surface area contributed by atoms with E-state index in [2.05, 4.69) is 42.8 Å². The number of fused-ring (bicyclic) bond motifs is 1. The van der Waals surface area contributed by atoms with Crippen LogP contribution in [-0.4, -0.2) is 16.5 Å². The molecule has 0 saturated carbocycles. The van der Waals surface area contributed by atoms with Gasteiger partial charge in [-0.2, -0.15) is 0 Å². The summed E-state index contributed by atoms with van der Waals surface area (Å²) in [5.74, 6) is 1.74. The highest BCUT2D eigenvalue weighted by Crippen LogP contribution is 2.26. The molecule has 4 heteroatoms. The monoisotopic (exact) mass is 335 g/mol. The third-order valence-corrected chi connectivity index (χ3v) is 3.99. The van der Waals surface area contributed by atoms with Crippen LogP contribution >= 0.6 is 15.9 Å². The Kier molecular flexibility index (Phi) is 5.11. The molecule has 0 aliphatic rings. The SMILES string of the molecule is CCc1nc(C(CN)CC(C)C)nc2ccc(Br)cc12. The normalized spacial score (nSPS) is 13.1. The van der Waals surface area contributed by atoms with Gasteiger partial charge in [0, 0.05) is 22.3 Å². The Hall–Kier alpha value is -1.000. The van der Waals surface area contributed by atoms with Crippen LogP contribution in [0.3, 0.4) is 0 Å². The van der Waals surface area contributed by atoms with Crippen LogP contribution < -0.4 is 5.73 Å². The van der Waals surface area contributed by atoms with Crippen molar-refractivity contribution in [2.24, 2.45) is 11.7 Å². The van der Waals surface area contributed by atoms with Crippen molar-refractivity contribution in [1.82, 2.24) is 9.97 Å². The van der Waals surface area contributed by atoms with E-state index in [1.807, 2.05) is 12.1 Å². The smallest absolute Gasteiger partial charge is 0.133 e. The lowest BCUT2D eigenvalue weighted by atomic mass is 9.96. The van der Waals surface area contributed by atoms with Gasteiger partial charge >= 0.3 is 0 Å². The van der Waals surface area contributed by atoms with Crippen molar-refractivity contribution < 1.29 is 0 Å². The van der Waals surface area contributed by atoms with Gasteiger partial charge in [0.15, 0.2) is 0 Å². The van der Waals surface area contributed by atoms with Crippen molar-refractivity contribution in [3.05, 3.63) is 34.2 Å². The highest BCUT2D eigenvalue weighted by Gasteiger charge is 2.17. The predicted octanol–water partition coefficient (Wildman–Crippen LogP) is 4.04. The van der Waals surface area contributed by atoms with Crippen LogP contribution in [0.5, 0.6) is 0 Å². The molecule has 108 valence electrons. The van der Waals surface area contributed by atoms with Crippen LogP contribution in [0.1, 0.15) is 44.6 Å². The van der Waals surface area contributed by atoms with Gasteiger partial charge in [-0.15, -0.1) is 0 Å². The molecular formula is C16H22BrN3. The standard InChI is InChI=1S/C16H22BrN3/c1-4-14-13-8-12(17)5-6-15(13)20-16(19-14)11(9-18)7-10(2)3/h5-6,8,10-11H,4,7,9,18H2,1-3H3. The lowest BCUT2D eigenvalue weighted by Gasteiger charge is -2.17. The van der Waals surface area contributed by atoms with E-state index in [1.165, 1.54) is 0 Å². The summed E-state index contributed by atoms with van der Waals surface area (Å²) < 4.78 is 1.06. The minimum Gasteiger partial charge on any atom is -0.330 e. The number of nitrogens with two attached hydrogens (primary N) is 1. The lowest BCUT2D eigenvalue weighted by Crippen LogP contribution is -2.18. The molecule has 1 unspecified atom stereocenters. The minimum absolute atomic E-state index is 0.244. The molecule has 0 saturated heterocycles. The summed E-state index contributed by atoms with van der Waals surface area (Å²) in [5, 5.41) is 1.13. The Morgan fingerprint density at radius 2 is 2.00 bits per heavy atom. The third kappa shape index (κ3) is 3.36. The van der Waals surface area contributed by atoms with Gasteiger partial charge in [0.2, 0.25) is 0 Å². The number of hydrogen-bond acceptors (Lipinski definition) is 3. The van der Waals surface area contributed by atoms with Crippen molar-refractivity contribution in [2.45, 2.75) is 39.5 Å². The topological polar surface area (TPSA) is 51.8 Å². The number of hydrogen-bond donors (Lipinski definition) is 1. The molecule has 1 aromatic carbocycles. The van der Waals surface area contributed by atoms with Crippen molar-refractivity contribution in [1.29, 1.82) is 0 Å². The van der Waals surface area contributed by atoms with Gasteiger partial charge in [-0.05, 0) is 37.0 Å². The molecule has 1 aromatic heterocycles. The van der Waals surface area contributed by atoms with Gasteiger partial charge in [-0.3, -0.25) is 0 Å². The maximum absolute atomic E-state index is 5.93. The van der Waals surface area contributed by atoms with Crippen LogP contribution in [0.4, 0.5) is 0 Å². The predicted molar refractivity (Wildman–Crippen MR) is 87.9 cm³/mol. The number of benzene rings is 1. The van der Waals surface area contributed by atoms with E-state index in [1.54, 1.807) is 0 Å². The third-order valence-electron chi connectivity index (χ3n) is 3.49. The van der Waals surface area contributed by atoms with Crippen LogP contribution in [0.2, 0.25) is 0 Å². The molecule has 1 heterocycles. The Bertz CT molecular complexity index is 596. The van der Waals surface area contributed by atoms with Crippen LogP contribution in [0.15, 0.2) is 22.7 Å². The lowest BCUT2D eigenvalue weighted by molar-refractivity contribution is 0.488. The summed E-state index contributed by atoms with van der Waals surface area (Å²) in [4.78, 5) is 9.51. The molecule has 0 aliphatic heterocycles. The Morgan fingerprint density at radius 1 is 1.25 bits per heavy atom. The second-order valence-electron chi connectivity index (χ2n) is 5.61. The van der Waals surface area contributed by atoms with Crippen LogP contribution in [-0.2, 0) is 6.42 Å². The summed E-state index contributed by atoms with van der Waals surface area (Å²) in [5.41, 5.74) is 8.04. The summed E-state index contributed by atoms with van der Waals surface area (Å²) in [7, 11) is 0. The zero-order valence-electron chi connectivity index (χ0n) is 12.4. The number of aromatic nitrogens is 2. The zero-order valence-corrected chi connectivity index (χ0v) is 13.9. The number of nitrogens with zero attached hydrogens (tertiary/aromatic N) is 2. The van der Waals surface area contributed by atoms with Crippen molar-refractivity contribution >= 4 is 26.8 Å². The first-order valence-electron chi connectivity index (χ1n) is 7.21. The van der Waals surface area contributed by atoms with Crippen molar-refractivity contribution in [2.75, 3.05) is 6.54 Å². The average Bonchev–Trinajstić information content (AvgIpc) is 2.43. The fourth-order valence-electron chi connectivity index (χ4n) is 2.51. The van der Waals surface area contributed by atoms with E-state index in [0.717, 1.165) is 39.7 Å². The highest BCUT2D eigenvalue weighted by atomic mass is 79.9. The molecular weight excluding hydrogens is 314 g/mol. The van der Waals surface area contributed by atoms with E-state index in [0.29, 0.717) is 12.5 Å². The van der Waals surface area contributed by atoms with Crippen molar-refractivity contribution in [3.63, 3.8) is 0 Å². The Morgan fingerprint density at radius 3 is 2.60 bits per heavy atom. The first-order valence-corrected chi connectivity index (χ1v) is 8.00. The first-order chi connectivity index (χ1) is 9.55. The number of aryl methyl sites for hydroxylation is 1. The Balaban J connectivity index is 2.52. The van der Waals surface area contributed by atoms with E-state index in [-0.39, 0.29) is 5.92 Å². The van der Waals surface area contributed by atoms with E-state index >= 15 is 0 Å². The van der Waals surface area contributed by atoms with Gasteiger partial charge < -0.3 is 5.73 Å².